The van der Waals surface area contributed by atoms with Gasteiger partial charge in [0.25, 0.3) is 11.6 Å². The molecular formula is C27H27N3O8. The Labute approximate surface area is 218 Å². The minimum absolute atomic E-state index is 0.137. The predicted octanol–water partition coefficient (Wildman–Crippen LogP) is 3.77. The summed E-state index contributed by atoms with van der Waals surface area (Å²) >= 11 is 0. The molecule has 2 aliphatic heterocycles. The fraction of sp³-hybridized carbons (Fsp3) is 0.333. The lowest BCUT2D eigenvalue weighted by Gasteiger charge is -2.29. The normalized spacial score (nSPS) is 15.8. The van der Waals surface area contributed by atoms with E-state index in [-0.39, 0.29) is 56.2 Å². The van der Waals surface area contributed by atoms with Crippen LogP contribution in [-0.4, -0.2) is 59.1 Å². The maximum Gasteiger partial charge on any atom is 0.270 e. The molecule has 1 fully saturated rings. The van der Waals surface area contributed by atoms with Gasteiger partial charge in [0.2, 0.25) is 12.7 Å². The molecule has 5 rings (SSSR count). The van der Waals surface area contributed by atoms with Crippen molar-refractivity contribution in [2.75, 3.05) is 26.5 Å². The molecule has 11 nitrogen and oxygen atoms in total. The number of fused-ring (bicyclic) bond motifs is 1. The molecule has 3 heterocycles. The summed E-state index contributed by atoms with van der Waals surface area (Å²) in [6, 6.07) is 14.5. The van der Waals surface area contributed by atoms with Gasteiger partial charge >= 0.3 is 0 Å². The lowest BCUT2D eigenvalue weighted by atomic mass is 10.1. The molecule has 38 heavy (non-hydrogen) atoms. The summed E-state index contributed by atoms with van der Waals surface area (Å²) in [5.74, 6) is 1.06. The first-order valence-corrected chi connectivity index (χ1v) is 12.3. The van der Waals surface area contributed by atoms with Crippen LogP contribution in [-0.2, 0) is 22.6 Å². The van der Waals surface area contributed by atoms with E-state index in [1.165, 1.54) is 35.4 Å². The van der Waals surface area contributed by atoms with Crippen molar-refractivity contribution in [3.8, 4) is 11.5 Å². The van der Waals surface area contributed by atoms with E-state index in [0.29, 0.717) is 23.9 Å². The van der Waals surface area contributed by atoms with Gasteiger partial charge in [-0.2, -0.15) is 0 Å². The van der Waals surface area contributed by atoms with Crippen molar-refractivity contribution >= 4 is 17.5 Å². The van der Waals surface area contributed by atoms with Gasteiger partial charge in [0, 0.05) is 37.4 Å². The zero-order chi connectivity index (χ0) is 26.5. The molecule has 11 heteroatoms. The smallest absolute Gasteiger partial charge is 0.270 e. The van der Waals surface area contributed by atoms with Crippen molar-refractivity contribution in [2.24, 2.45) is 0 Å². The third kappa shape index (κ3) is 5.94. The summed E-state index contributed by atoms with van der Waals surface area (Å²) in [4.78, 5) is 40.9. The highest BCUT2D eigenvalue weighted by Gasteiger charge is 2.28. The zero-order valence-corrected chi connectivity index (χ0v) is 20.6. The Kier molecular flexibility index (Phi) is 7.55. The largest absolute Gasteiger partial charge is 0.467 e. The summed E-state index contributed by atoms with van der Waals surface area (Å²) in [5, 5.41) is 11.3. The monoisotopic (exact) mass is 521 g/mol. The molecule has 0 aliphatic carbocycles. The number of nitro benzene ring substituents is 1. The molecule has 2 aromatic carbocycles. The van der Waals surface area contributed by atoms with Gasteiger partial charge in [-0.25, -0.2) is 0 Å². The van der Waals surface area contributed by atoms with Gasteiger partial charge in [-0.05, 0) is 48.7 Å². The number of furan rings is 1. The van der Waals surface area contributed by atoms with E-state index >= 15 is 0 Å². The van der Waals surface area contributed by atoms with E-state index in [9.17, 15) is 19.7 Å². The number of ether oxygens (including phenoxy) is 3. The highest BCUT2D eigenvalue weighted by atomic mass is 16.7. The first-order valence-electron chi connectivity index (χ1n) is 12.3. The lowest BCUT2D eigenvalue weighted by Crippen LogP contribution is -2.45. The van der Waals surface area contributed by atoms with Crippen LogP contribution >= 0.6 is 0 Å². The quantitative estimate of drug-likeness (QED) is 0.292. The number of amides is 2. The number of carbonyl (C=O) groups excluding carboxylic acids is 2. The SMILES string of the molecule is O=C(CN(CC1CCCO1)C(=O)c1cccc([N+](=O)[O-])c1)N(Cc1ccc2c(c1)OCO2)Cc1ccco1. The Morgan fingerprint density at radius 3 is 2.63 bits per heavy atom. The number of rotatable bonds is 10. The number of carbonyl (C=O) groups is 2. The van der Waals surface area contributed by atoms with Crippen molar-refractivity contribution in [3.63, 3.8) is 0 Å². The predicted molar refractivity (Wildman–Crippen MR) is 134 cm³/mol. The van der Waals surface area contributed by atoms with Crippen molar-refractivity contribution in [1.82, 2.24) is 9.80 Å². The van der Waals surface area contributed by atoms with Crippen molar-refractivity contribution in [1.29, 1.82) is 0 Å². The van der Waals surface area contributed by atoms with Crippen LogP contribution in [0.5, 0.6) is 11.5 Å². The Hall–Kier alpha value is -4.38. The maximum atomic E-state index is 13.7. The number of hydrogen-bond acceptors (Lipinski definition) is 8. The van der Waals surface area contributed by atoms with Crippen LogP contribution in [0.25, 0.3) is 0 Å². The minimum Gasteiger partial charge on any atom is -0.467 e. The number of nitro groups is 1. The molecule has 2 amide bonds. The van der Waals surface area contributed by atoms with Gasteiger partial charge < -0.3 is 28.4 Å². The van der Waals surface area contributed by atoms with E-state index in [1.54, 1.807) is 23.1 Å². The second kappa shape index (κ2) is 11.3. The summed E-state index contributed by atoms with van der Waals surface area (Å²) in [6.45, 7) is 1.14. The van der Waals surface area contributed by atoms with E-state index in [0.717, 1.165) is 18.4 Å². The maximum absolute atomic E-state index is 13.7. The van der Waals surface area contributed by atoms with E-state index < -0.39 is 10.8 Å². The van der Waals surface area contributed by atoms with Crippen LogP contribution in [0.2, 0.25) is 0 Å². The van der Waals surface area contributed by atoms with E-state index in [4.69, 9.17) is 18.6 Å². The molecule has 1 unspecified atom stereocenters. The number of benzene rings is 2. The van der Waals surface area contributed by atoms with Crippen molar-refractivity contribution < 1.29 is 33.1 Å². The lowest BCUT2D eigenvalue weighted by molar-refractivity contribution is -0.384. The third-order valence-corrected chi connectivity index (χ3v) is 6.46. The van der Waals surface area contributed by atoms with Gasteiger partial charge in [0.05, 0.1) is 23.8 Å². The summed E-state index contributed by atoms with van der Waals surface area (Å²) in [7, 11) is 0. The zero-order valence-electron chi connectivity index (χ0n) is 20.6. The molecule has 1 aromatic heterocycles. The van der Waals surface area contributed by atoms with Crippen LogP contribution in [0, 0.1) is 10.1 Å². The molecule has 3 aromatic rings. The molecule has 198 valence electrons. The topological polar surface area (TPSA) is 125 Å². The highest BCUT2D eigenvalue weighted by molar-refractivity contribution is 5.97. The van der Waals surface area contributed by atoms with Crippen LogP contribution in [0.15, 0.2) is 65.3 Å². The van der Waals surface area contributed by atoms with E-state index in [2.05, 4.69) is 0 Å². The Morgan fingerprint density at radius 1 is 1.00 bits per heavy atom. The van der Waals surface area contributed by atoms with Gasteiger partial charge in [-0.1, -0.05) is 12.1 Å². The average Bonchev–Trinajstić information content (AvgIpc) is 3.71. The molecule has 2 aliphatic rings. The number of hydrogen-bond donors (Lipinski definition) is 0. The van der Waals surface area contributed by atoms with E-state index in [1.807, 2.05) is 12.1 Å². The fourth-order valence-electron chi connectivity index (χ4n) is 4.53. The summed E-state index contributed by atoms with van der Waals surface area (Å²) in [6.07, 6.45) is 2.96. The number of nitrogens with zero attached hydrogens (tertiary/aromatic N) is 3. The minimum atomic E-state index is -0.553. The second-order valence-corrected chi connectivity index (χ2v) is 9.14. The average molecular weight is 522 g/mol. The Bertz CT molecular complexity index is 1300. The van der Waals surface area contributed by atoms with Crippen LogP contribution in [0.1, 0.15) is 34.5 Å². The van der Waals surface area contributed by atoms with Gasteiger partial charge in [-0.3, -0.25) is 19.7 Å². The van der Waals surface area contributed by atoms with Gasteiger partial charge in [0.1, 0.15) is 12.3 Å². The first-order chi connectivity index (χ1) is 18.5. The fourth-order valence-corrected chi connectivity index (χ4v) is 4.53. The molecule has 1 saturated heterocycles. The summed E-state index contributed by atoms with van der Waals surface area (Å²) < 4.78 is 22.1. The van der Waals surface area contributed by atoms with Crippen molar-refractivity contribution in [3.05, 3.63) is 87.9 Å². The Balaban J connectivity index is 1.38. The Morgan fingerprint density at radius 2 is 1.87 bits per heavy atom. The van der Waals surface area contributed by atoms with Crippen LogP contribution in [0.3, 0.4) is 0 Å². The third-order valence-electron chi connectivity index (χ3n) is 6.46. The van der Waals surface area contributed by atoms with Crippen LogP contribution in [0.4, 0.5) is 5.69 Å². The molecule has 0 bridgehead atoms. The molecule has 0 N–H and O–H groups in total. The number of non-ortho nitro benzene ring substituents is 1. The molecule has 1 atom stereocenters. The van der Waals surface area contributed by atoms with Gasteiger partial charge in [-0.15, -0.1) is 0 Å². The second-order valence-electron chi connectivity index (χ2n) is 9.14. The van der Waals surface area contributed by atoms with Crippen molar-refractivity contribution in [2.45, 2.75) is 32.0 Å². The molecule has 0 spiro atoms. The first kappa shape index (κ1) is 25.3. The molecule has 0 saturated carbocycles. The van der Waals surface area contributed by atoms with Gasteiger partial charge in [0.15, 0.2) is 11.5 Å². The molecule has 0 radical (unpaired) electrons. The highest BCUT2D eigenvalue weighted by Crippen LogP contribution is 2.33. The molecular weight excluding hydrogens is 494 g/mol. The standard InChI is InChI=1S/C27H27N3O8/c31-26(28(15-22-6-2-10-35-22)14-19-8-9-24-25(12-19)38-18-37-24)17-29(16-23-7-3-11-36-23)27(32)20-4-1-5-21(13-20)30(33)34/h1-2,4-6,8-10,12-13,23H,3,7,11,14-18H2. The summed E-state index contributed by atoms with van der Waals surface area (Å²) in [5.41, 5.74) is 0.768. The van der Waals surface area contributed by atoms with Crippen LogP contribution < -0.4 is 9.47 Å².